The summed E-state index contributed by atoms with van der Waals surface area (Å²) in [6, 6.07) is 4.73. The highest BCUT2D eigenvalue weighted by Crippen LogP contribution is 2.33. The predicted molar refractivity (Wildman–Crippen MR) is 115 cm³/mol. The zero-order chi connectivity index (χ0) is 21.3. The minimum atomic E-state index is -3.49. The van der Waals surface area contributed by atoms with E-state index in [0.717, 1.165) is 43.4 Å². The van der Waals surface area contributed by atoms with Gasteiger partial charge in [-0.1, -0.05) is 13.3 Å². The van der Waals surface area contributed by atoms with E-state index in [4.69, 9.17) is 0 Å². The number of fused-ring (bicyclic) bond motifs is 1. The summed E-state index contributed by atoms with van der Waals surface area (Å²) in [6.07, 6.45) is 6.49. The molecule has 30 heavy (non-hydrogen) atoms. The van der Waals surface area contributed by atoms with Crippen molar-refractivity contribution in [2.75, 3.05) is 31.1 Å². The lowest BCUT2D eigenvalue weighted by Crippen LogP contribution is -2.52. The lowest BCUT2D eigenvalue weighted by molar-refractivity contribution is -0.140. The van der Waals surface area contributed by atoms with E-state index in [2.05, 4.69) is 0 Å². The highest BCUT2D eigenvalue weighted by molar-refractivity contribution is 7.89. The Bertz CT molecular complexity index is 924. The zero-order valence-electron chi connectivity index (χ0n) is 17.7. The minimum Gasteiger partial charge on any atom is -0.331 e. The number of anilines is 1. The first-order valence-corrected chi connectivity index (χ1v) is 12.6. The number of likely N-dealkylation sites (tertiary alicyclic amines) is 1. The van der Waals surface area contributed by atoms with Crippen LogP contribution in [-0.2, 0) is 26.0 Å². The van der Waals surface area contributed by atoms with Crippen molar-refractivity contribution < 1.29 is 18.0 Å². The Hall–Kier alpha value is -1.93. The molecule has 2 saturated heterocycles. The van der Waals surface area contributed by atoms with E-state index >= 15 is 0 Å². The van der Waals surface area contributed by atoms with Crippen molar-refractivity contribution in [3.63, 3.8) is 0 Å². The maximum atomic E-state index is 13.3. The topological polar surface area (TPSA) is 78.0 Å². The van der Waals surface area contributed by atoms with Crippen molar-refractivity contribution in [2.45, 2.75) is 69.2 Å². The molecular weight excluding hydrogens is 402 g/mol. The third kappa shape index (κ3) is 3.87. The molecule has 3 heterocycles. The second-order valence-electron chi connectivity index (χ2n) is 8.45. The monoisotopic (exact) mass is 433 g/mol. The summed E-state index contributed by atoms with van der Waals surface area (Å²) in [5.74, 6) is -0.0164. The molecule has 4 rings (SSSR count). The van der Waals surface area contributed by atoms with Gasteiger partial charge in [0.05, 0.1) is 4.90 Å². The molecule has 7 nitrogen and oxygen atoms in total. The van der Waals surface area contributed by atoms with Gasteiger partial charge in [-0.25, -0.2) is 8.42 Å². The van der Waals surface area contributed by atoms with E-state index in [9.17, 15) is 18.0 Å². The van der Waals surface area contributed by atoms with E-state index in [0.29, 0.717) is 50.3 Å². The number of amides is 2. The van der Waals surface area contributed by atoms with Crippen LogP contribution in [0.4, 0.5) is 5.69 Å². The third-order valence-electron chi connectivity index (χ3n) is 6.58. The summed E-state index contributed by atoms with van der Waals surface area (Å²) < 4.78 is 27.6. The summed E-state index contributed by atoms with van der Waals surface area (Å²) in [6.45, 7) is 4.15. The van der Waals surface area contributed by atoms with Crippen LogP contribution in [-0.4, -0.2) is 61.7 Å². The van der Waals surface area contributed by atoms with Crippen LogP contribution in [0.2, 0.25) is 0 Å². The van der Waals surface area contributed by atoms with Crippen LogP contribution in [0.1, 0.15) is 57.4 Å². The van der Waals surface area contributed by atoms with Gasteiger partial charge in [0.25, 0.3) is 0 Å². The van der Waals surface area contributed by atoms with Crippen LogP contribution in [0, 0.1) is 0 Å². The van der Waals surface area contributed by atoms with Gasteiger partial charge in [-0.05, 0) is 62.3 Å². The second-order valence-corrected chi connectivity index (χ2v) is 10.4. The summed E-state index contributed by atoms with van der Waals surface area (Å²) in [5.41, 5.74) is 1.68. The maximum absolute atomic E-state index is 13.3. The molecule has 1 unspecified atom stereocenters. The first-order chi connectivity index (χ1) is 14.4. The number of nitrogens with zero attached hydrogens (tertiary/aromatic N) is 3. The Balaban J connectivity index is 1.56. The van der Waals surface area contributed by atoms with Gasteiger partial charge in [0, 0.05) is 38.3 Å². The fourth-order valence-electron chi connectivity index (χ4n) is 4.89. The van der Waals surface area contributed by atoms with Gasteiger partial charge in [0.2, 0.25) is 21.8 Å². The fraction of sp³-hybridized carbons (Fsp3) is 0.636. The fourth-order valence-corrected chi connectivity index (χ4v) is 6.46. The molecule has 0 aliphatic carbocycles. The van der Waals surface area contributed by atoms with Gasteiger partial charge in [-0.2, -0.15) is 4.31 Å². The summed E-state index contributed by atoms with van der Waals surface area (Å²) >= 11 is 0. The molecule has 1 aromatic rings. The van der Waals surface area contributed by atoms with E-state index < -0.39 is 16.1 Å². The first-order valence-electron chi connectivity index (χ1n) is 11.2. The van der Waals surface area contributed by atoms with Crippen LogP contribution in [0.15, 0.2) is 23.1 Å². The van der Waals surface area contributed by atoms with Gasteiger partial charge >= 0.3 is 0 Å². The second kappa shape index (κ2) is 8.67. The minimum absolute atomic E-state index is 0.0236. The molecule has 0 spiro atoms. The zero-order valence-corrected chi connectivity index (χ0v) is 18.5. The van der Waals surface area contributed by atoms with E-state index in [1.54, 1.807) is 32.3 Å². The Morgan fingerprint density at radius 1 is 1.00 bits per heavy atom. The Morgan fingerprint density at radius 3 is 2.47 bits per heavy atom. The molecule has 0 bridgehead atoms. The first kappa shape index (κ1) is 21.3. The van der Waals surface area contributed by atoms with Crippen molar-refractivity contribution >= 4 is 27.5 Å². The van der Waals surface area contributed by atoms with E-state index in [1.165, 1.54) is 0 Å². The van der Waals surface area contributed by atoms with Crippen molar-refractivity contribution in [1.82, 2.24) is 9.21 Å². The molecule has 2 amide bonds. The maximum Gasteiger partial charge on any atom is 0.249 e. The molecule has 164 valence electrons. The van der Waals surface area contributed by atoms with Gasteiger partial charge in [-0.15, -0.1) is 0 Å². The van der Waals surface area contributed by atoms with Crippen molar-refractivity contribution in [3.05, 3.63) is 23.8 Å². The standard InChI is InChI=1S/C22H31N3O4S/c1-2-21(26)24-14-7-4-8-20(24)22(27)25-15-11-17-16-18(9-10-19(17)25)30(28,29)23-12-5-3-6-13-23/h9-10,16,20H,2-8,11-15H2,1H3. The molecule has 3 aliphatic rings. The van der Waals surface area contributed by atoms with Gasteiger partial charge in [0.15, 0.2) is 0 Å². The number of carbonyl (C=O) groups is 2. The van der Waals surface area contributed by atoms with Gasteiger partial charge in [0.1, 0.15) is 6.04 Å². The van der Waals surface area contributed by atoms with Crippen LogP contribution in [0.3, 0.4) is 0 Å². The molecule has 3 aliphatic heterocycles. The largest absolute Gasteiger partial charge is 0.331 e. The molecule has 8 heteroatoms. The number of piperidine rings is 2. The molecule has 0 N–H and O–H groups in total. The van der Waals surface area contributed by atoms with Crippen molar-refractivity contribution in [1.29, 1.82) is 0 Å². The molecule has 1 aromatic carbocycles. The van der Waals surface area contributed by atoms with E-state index in [1.807, 2.05) is 6.92 Å². The molecule has 0 aromatic heterocycles. The lowest BCUT2D eigenvalue weighted by atomic mass is 10.00. The number of hydrogen-bond donors (Lipinski definition) is 0. The molecule has 0 saturated carbocycles. The Kier molecular flexibility index (Phi) is 6.16. The number of hydrogen-bond acceptors (Lipinski definition) is 4. The summed E-state index contributed by atoms with van der Waals surface area (Å²) in [5, 5.41) is 0. The van der Waals surface area contributed by atoms with Crippen molar-refractivity contribution in [3.8, 4) is 0 Å². The van der Waals surface area contributed by atoms with Gasteiger partial charge < -0.3 is 9.80 Å². The van der Waals surface area contributed by atoms with Crippen LogP contribution in [0.5, 0.6) is 0 Å². The van der Waals surface area contributed by atoms with Crippen molar-refractivity contribution in [2.24, 2.45) is 0 Å². The summed E-state index contributed by atoms with van der Waals surface area (Å²) in [7, 11) is -3.49. The number of carbonyl (C=O) groups excluding carboxylic acids is 2. The molecular formula is C22H31N3O4S. The average molecular weight is 434 g/mol. The van der Waals surface area contributed by atoms with Crippen LogP contribution in [0.25, 0.3) is 0 Å². The van der Waals surface area contributed by atoms with E-state index in [-0.39, 0.29) is 11.8 Å². The number of rotatable bonds is 4. The highest BCUT2D eigenvalue weighted by atomic mass is 32.2. The molecule has 1 atom stereocenters. The lowest BCUT2D eigenvalue weighted by Gasteiger charge is -2.36. The van der Waals surface area contributed by atoms with Crippen LogP contribution >= 0.6 is 0 Å². The average Bonchev–Trinajstić information content (AvgIpc) is 3.22. The molecule has 2 fully saturated rings. The smallest absolute Gasteiger partial charge is 0.249 e. The Labute approximate surface area is 179 Å². The number of benzene rings is 1. The predicted octanol–water partition coefficient (Wildman–Crippen LogP) is 2.54. The SMILES string of the molecule is CCC(=O)N1CCCCC1C(=O)N1CCc2cc(S(=O)(=O)N3CCCCC3)ccc21. The normalized spacial score (nSPS) is 22.8. The number of sulfonamides is 1. The molecule has 0 radical (unpaired) electrons. The third-order valence-corrected chi connectivity index (χ3v) is 8.47. The summed E-state index contributed by atoms with van der Waals surface area (Å²) in [4.78, 5) is 29.5. The van der Waals surface area contributed by atoms with Crippen LogP contribution < -0.4 is 4.90 Å². The quantitative estimate of drug-likeness (QED) is 0.731. The van der Waals surface area contributed by atoms with Gasteiger partial charge in [-0.3, -0.25) is 9.59 Å². The highest BCUT2D eigenvalue weighted by Gasteiger charge is 2.37. The Morgan fingerprint density at radius 2 is 1.73 bits per heavy atom.